The number of aryl methyl sites for hydroxylation is 2. The van der Waals surface area contributed by atoms with Gasteiger partial charge >= 0.3 is 0 Å². The van der Waals surface area contributed by atoms with Crippen LogP contribution in [0.3, 0.4) is 0 Å². The van der Waals surface area contributed by atoms with Crippen LogP contribution >= 0.6 is 0 Å². The Balaban J connectivity index is 1.89. The molecule has 1 amide bonds. The van der Waals surface area contributed by atoms with Gasteiger partial charge in [-0.3, -0.25) is 9.10 Å². The summed E-state index contributed by atoms with van der Waals surface area (Å²) in [7, 11) is -2.31. The van der Waals surface area contributed by atoms with E-state index in [1.54, 1.807) is 43.5 Å². The second kappa shape index (κ2) is 10.5. The highest BCUT2D eigenvalue weighted by Gasteiger charge is 2.28. The van der Waals surface area contributed by atoms with Crippen LogP contribution in [0.5, 0.6) is 5.75 Å². The minimum atomic E-state index is -3.93. The molecule has 7 heteroatoms. The molecule has 174 valence electrons. The fourth-order valence-electron chi connectivity index (χ4n) is 3.73. The van der Waals surface area contributed by atoms with Crippen molar-refractivity contribution in [3.8, 4) is 5.75 Å². The number of sulfonamides is 1. The molecular weight excluding hydrogens is 436 g/mol. The number of carbonyl (C=O) groups excluding carboxylic acids is 1. The van der Waals surface area contributed by atoms with Crippen molar-refractivity contribution in [2.75, 3.05) is 18.0 Å². The number of benzene rings is 3. The lowest BCUT2D eigenvalue weighted by Gasteiger charge is -2.26. The largest absolute Gasteiger partial charge is 0.496 e. The van der Waals surface area contributed by atoms with E-state index in [0.717, 1.165) is 26.7 Å². The van der Waals surface area contributed by atoms with Gasteiger partial charge in [-0.15, -0.1) is 0 Å². The molecule has 0 aromatic heterocycles. The van der Waals surface area contributed by atoms with Crippen molar-refractivity contribution >= 4 is 21.6 Å². The van der Waals surface area contributed by atoms with Gasteiger partial charge in [0.05, 0.1) is 23.7 Å². The van der Waals surface area contributed by atoms with E-state index >= 15 is 0 Å². The van der Waals surface area contributed by atoms with Crippen LogP contribution in [0, 0.1) is 13.8 Å². The Labute approximate surface area is 196 Å². The average molecular weight is 467 g/mol. The van der Waals surface area contributed by atoms with Crippen molar-refractivity contribution in [1.82, 2.24) is 5.32 Å². The Morgan fingerprint density at radius 2 is 1.73 bits per heavy atom. The summed E-state index contributed by atoms with van der Waals surface area (Å²) in [5.74, 6) is 0.399. The molecule has 0 radical (unpaired) electrons. The summed E-state index contributed by atoms with van der Waals surface area (Å²) >= 11 is 0. The second-order valence-corrected chi connectivity index (χ2v) is 9.78. The van der Waals surface area contributed by atoms with E-state index in [-0.39, 0.29) is 23.4 Å². The first-order valence-corrected chi connectivity index (χ1v) is 12.3. The number of nitrogens with zero attached hydrogens (tertiary/aromatic N) is 1. The fraction of sp³-hybridized carbons (Fsp3) is 0.269. The molecule has 3 aromatic rings. The van der Waals surface area contributed by atoms with Crippen LogP contribution in [0.4, 0.5) is 5.69 Å². The van der Waals surface area contributed by atoms with E-state index < -0.39 is 10.0 Å². The maximum absolute atomic E-state index is 13.5. The van der Waals surface area contributed by atoms with E-state index in [1.807, 2.05) is 45.0 Å². The topological polar surface area (TPSA) is 75.7 Å². The summed E-state index contributed by atoms with van der Waals surface area (Å²) in [5.41, 5.74) is 3.26. The smallest absolute Gasteiger partial charge is 0.264 e. The SMILES string of the molecule is CCC(NC(=O)CN(c1cccc(C)c1)S(=O)(=O)c1ccccc1)c1ccc(OC)c(C)c1. The molecule has 3 rings (SSSR count). The molecule has 0 saturated heterocycles. The van der Waals surface area contributed by atoms with Crippen LogP contribution in [0.2, 0.25) is 0 Å². The van der Waals surface area contributed by atoms with E-state index in [9.17, 15) is 13.2 Å². The molecule has 6 nitrogen and oxygen atoms in total. The first-order valence-electron chi connectivity index (χ1n) is 10.8. The maximum atomic E-state index is 13.5. The summed E-state index contributed by atoms with van der Waals surface area (Å²) in [6.07, 6.45) is 0.660. The molecular formula is C26H30N2O4S. The van der Waals surface area contributed by atoms with Gasteiger partial charge in [0.25, 0.3) is 10.0 Å². The number of hydrogen-bond donors (Lipinski definition) is 1. The first-order chi connectivity index (χ1) is 15.8. The number of ether oxygens (including phenoxy) is 1. The van der Waals surface area contributed by atoms with E-state index in [4.69, 9.17) is 4.74 Å². The normalized spacial score (nSPS) is 12.1. The van der Waals surface area contributed by atoms with E-state index in [0.29, 0.717) is 12.1 Å². The van der Waals surface area contributed by atoms with E-state index in [2.05, 4.69) is 5.32 Å². The van der Waals surface area contributed by atoms with Gasteiger partial charge in [-0.25, -0.2) is 8.42 Å². The van der Waals surface area contributed by atoms with Gasteiger partial charge < -0.3 is 10.1 Å². The third-order valence-corrected chi connectivity index (χ3v) is 7.26. The average Bonchev–Trinajstić information content (AvgIpc) is 2.81. The minimum Gasteiger partial charge on any atom is -0.496 e. The van der Waals surface area contributed by atoms with Crippen LogP contribution in [0.25, 0.3) is 0 Å². The number of nitrogens with one attached hydrogen (secondary N) is 1. The Morgan fingerprint density at radius 1 is 1.00 bits per heavy atom. The highest BCUT2D eigenvalue weighted by Crippen LogP contribution is 2.26. The van der Waals surface area contributed by atoms with Gasteiger partial charge in [0, 0.05) is 0 Å². The zero-order valence-electron chi connectivity index (χ0n) is 19.4. The van der Waals surface area contributed by atoms with Gasteiger partial charge in [-0.2, -0.15) is 0 Å². The summed E-state index contributed by atoms with van der Waals surface area (Å²) in [6, 6.07) is 20.8. The third kappa shape index (κ3) is 5.73. The maximum Gasteiger partial charge on any atom is 0.264 e. The lowest BCUT2D eigenvalue weighted by atomic mass is 10.0. The van der Waals surface area contributed by atoms with Crippen LogP contribution in [-0.2, 0) is 14.8 Å². The van der Waals surface area contributed by atoms with Crippen molar-refractivity contribution in [3.05, 3.63) is 89.5 Å². The molecule has 0 spiro atoms. The van der Waals surface area contributed by atoms with Crippen molar-refractivity contribution in [2.24, 2.45) is 0 Å². The summed E-state index contributed by atoms with van der Waals surface area (Å²) in [6.45, 7) is 5.48. The molecule has 0 saturated carbocycles. The molecule has 33 heavy (non-hydrogen) atoms. The zero-order chi connectivity index (χ0) is 24.0. The van der Waals surface area contributed by atoms with Crippen molar-refractivity contribution < 1.29 is 17.9 Å². The van der Waals surface area contributed by atoms with Gasteiger partial charge in [0.15, 0.2) is 0 Å². The first kappa shape index (κ1) is 24.3. The number of anilines is 1. The van der Waals surface area contributed by atoms with Crippen LogP contribution < -0.4 is 14.4 Å². The molecule has 0 aliphatic rings. The lowest BCUT2D eigenvalue weighted by molar-refractivity contribution is -0.120. The molecule has 1 unspecified atom stereocenters. The number of amides is 1. The molecule has 1 atom stereocenters. The molecule has 3 aromatic carbocycles. The number of carbonyl (C=O) groups is 1. The molecule has 0 aliphatic heterocycles. The highest BCUT2D eigenvalue weighted by atomic mass is 32.2. The molecule has 0 fully saturated rings. The van der Waals surface area contributed by atoms with Crippen LogP contribution in [-0.4, -0.2) is 28.0 Å². The fourth-order valence-corrected chi connectivity index (χ4v) is 5.16. The van der Waals surface area contributed by atoms with Crippen LogP contribution in [0.15, 0.2) is 77.7 Å². The molecule has 0 heterocycles. The second-order valence-electron chi connectivity index (χ2n) is 7.92. The van der Waals surface area contributed by atoms with Gasteiger partial charge in [0.2, 0.25) is 5.91 Å². The Morgan fingerprint density at radius 3 is 2.33 bits per heavy atom. The van der Waals surface area contributed by atoms with Crippen molar-refractivity contribution in [3.63, 3.8) is 0 Å². The molecule has 0 aliphatic carbocycles. The Kier molecular flexibility index (Phi) is 7.76. The van der Waals surface area contributed by atoms with Gasteiger partial charge in [-0.1, -0.05) is 49.4 Å². The lowest BCUT2D eigenvalue weighted by Crippen LogP contribution is -2.42. The zero-order valence-corrected chi connectivity index (χ0v) is 20.2. The Hall–Kier alpha value is -3.32. The quantitative estimate of drug-likeness (QED) is 0.493. The minimum absolute atomic E-state index is 0.136. The van der Waals surface area contributed by atoms with Crippen molar-refractivity contribution in [1.29, 1.82) is 0 Å². The number of methoxy groups -OCH3 is 1. The number of hydrogen-bond acceptors (Lipinski definition) is 4. The Bertz CT molecular complexity index is 1210. The summed E-state index contributed by atoms with van der Waals surface area (Å²) in [4.78, 5) is 13.2. The molecule has 0 bridgehead atoms. The third-order valence-electron chi connectivity index (χ3n) is 5.47. The highest BCUT2D eigenvalue weighted by molar-refractivity contribution is 7.92. The molecule has 1 N–H and O–H groups in total. The predicted molar refractivity (Wildman–Crippen MR) is 131 cm³/mol. The monoisotopic (exact) mass is 466 g/mol. The summed E-state index contributed by atoms with van der Waals surface area (Å²) < 4.78 is 33.4. The van der Waals surface area contributed by atoms with Crippen molar-refractivity contribution in [2.45, 2.75) is 38.1 Å². The van der Waals surface area contributed by atoms with Crippen LogP contribution in [0.1, 0.15) is 36.1 Å². The van der Waals surface area contributed by atoms with Gasteiger partial charge in [-0.05, 0) is 67.3 Å². The van der Waals surface area contributed by atoms with Gasteiger partial charge in [0.1, 0.15) is 12.3 Å². The number of rotatable bonds is 9. The standard InChI is InChI=1S/C26H30N2O4S/c1-5-24(21-14-15-25(32-4)20(3)17-21)27-26(29)18-28(22-11-9-10-19(2)16-22)33(30,31)23-12-7-6-8-13-23/h6-17,24H,5,18H2,1-4H3,(H,27,29). The van der Waals surface area contributed by atoms with E-state index in [1.165, 1.54) is 12.1 Å². The summed E-state index contributed by atoms with van der Waals surface area (Å²) in [5, 5.41) is 3.00. The predicted octanol–water partition coefficient (Wildman–Crippen LogP) is 4.77.